The number of thiazole rings is 1. The van der Waals surface area contributed by atoms with Crippen LogP contribution in [0.4, 0.5) is 4.79 Å². The molecule has 0 radical (unpaired) electrons. The Kier molecular flexibility index (Phi) is 17.5. The van der Waals surface area contributed by atoms with Crippen LogP contribution in [-0.2, 0) is 35.1 Å². The van der Waals surface area contributed by atoms with Crippen LogP contribution in [0.2, 0.25) is 0 Å². The van der Waals surface area contributed by atoms with E-state index in [1.807, 2.05) is 58.0 Å². The van der Waals surface area contributed by atoms with Crippen molar-refractivity contribution in [3.63, 3.8) is 0 Å². The standard InChI is InChI=1S/C42H63N5O9S/c1-11-26(4)35(45-37(50)32-19-15-16-20-47(32)41(54)56-42(7,8)9)39(51)46(10)33(25(2)3)23-34(55-28(6)48)38-44-31(24-57-38)36(49)43-30(21-27(5)40(52)53)22-29-17-13-12-14-18-29/h12-14,17-18,24-27,30,32-35H,11,15-16,19-23H2,1-10H3,(H,43,49)(H,45,50)(H,52,53)/t26-,27-,30+,32?,33+,34+,35-/m0/s1. The number of hydrogen-bond acceptors (Lipinski definition) is 10. The second-order valence-electron chi connectivity index (χ2n) is 16.6. The fraction of sp³-hybridized carbons (Fsp3) is 0.643. The molecule has 0 aliphatic carbocycles. The van der Waals surface area contributed by atoms with Crippen LogP contribution in [0.3, 0.4) is 0 Å². The van der Waals surface area contributed by atoms with E-state index in [0.29, 0.717) is 30.8 Å². The minimum absolute atomic E-state index is 0.0985. The number of likely N-dealkylation sites (N-methyl/N-ethyl adjacent to an activating group) is 1. The van der Waals surface area contributed by atoms with Crippen molar-refractivity contribution >= 4 is 47.1 Å². The Morgan fingerprint density at radius 1 is 1.02 bits per heavy atom. The lowest BCUT2D eigenvalue weighted by molar-refractivity contribution is -0.149. The zero-order valence-corrected chi connectivity index (χ0v) is 36.0. The number of carboxylic acids is 1. The van der Waals surface area contributed by atoms with E-state index in [2.05, 4.69) is 15.6 Å². The van der Waals surface area contributed by atoms with Gasteiger partial charge in [-0.3, -0.25) is 28.9 Å². The largest absolute Gasteiger partial charge is 0.481 e. The van der Waals surface area contributed by atoms with Crippen LogP contribution in [0, 0.1) is 17.8 Å². The topological polar surface area (TPSA) is 185 Å². The highest BCUT2D eigenvalue weighted by molar-refractivity contribution is 7.09. The molecule has 0 spiro atoms. The number of nitrogens with zero attached hydrogens (tertiary/aromatic N) is 3. The molecular weight excluding hydrogens is 751 g/mol. The average molecular weight is 814 g/mol. The van der Waals surface area contributed by atoms with E-state index in [4.69, 9.17) is 9.47 Å². The molecule has 316 valence electrons. The van der Waals surface area contributed by atoms with E-state index in [-0.39, 0.29) is 36.3 Å². The van der Waals surface area contributed by atoms with Gasteiger partial charge in [0.2, 0.25) is 11.8 Å². The number of ether oxygens (including phenoxy) is 2. The number of aliphatic carboxylic acids is 1. The van der Waals surface area contributed by atoms with Crippen LogP contribution in [0.1, 0.15) is 128 Å². The van der Waals surface area contributed by atoms with Gasteiger partial charge in [-0.25, -0.2) is 9.78 Å². The van der Waals surface area contributed by atoms with Crippen molar-refractivity contribution in [2.24, 2.45) is 17.8 Å². The Bertz CT molecular complexity index is 1680. The van der Waals surface area contributed by atoms with Gasteiger partial charge in [0.05, 0.1) is 5.92 Å². The summed E-state index contributed by atoms with van der Waals surface area (Å²) in [4.78, 5) is 86.6. The third-order valence-corrected chi connectivity index (χ3v) is 11.3. The van der Waals surface area contributed by atoms with Crippen LogP contribution in [-0.4, -0.2) is 99.0 Å². The summed E-state index contributed by atoms with van der Waals surface area (Å²) >= 11 is 1.15. The van der Waals surface area contributed by atoms with Crippen molar-refractivity contribution in [1.29, 1.82) is 0 Å². The summed E-state index contributed by atoms with van der Waals surface area (Å²) in [5, 5.41) is 17.4. The van der Waals surface area contributed by atoms with Gasteiger partial charge in [0.1, 0.15) is 28.4 Å². The van der Waals surface area contributed by atoms with Crippen LogP contribution in [0.15, 0.2) is 35.7 Å². The minimum Gasteiger partial charge on any atom is -0.481 e. The number of esters is 1. The molecule has 7 atom stereocenters. The van der Waals surface area contributed by atoms with Gasteiger partial charge in [-0.05, 0) is 70.3 Å². The van der Waals surface area contributed by atoms with Crippen molar-refractivity contribution in [3.8, 4) is 0 Å². The quantitative estimate of drug-likeness (QED) is 0.143. The molecule has 3 N–H and O–H groups in total. The lowest BCUT2D eigenvalue weighted by atomic mass is 9.92. The molecule has 57 heavy (non-hydrogen) atoms. The first kappa shape index (κ1) is 46.8. The third-order valence-electron chi connectivity index (χ3n) is 10.3. The molecule has 2 heterocycles. The molecule has 3 rings (SSSR count). The van der Waals surface area contributed by atoms with Gasteiger partial charge in [-0.1, -0.05) is 71.4 Å². The zero-order valence-electron chi connectivity index (χ0n) is 35.2. The Balaban J connectivity index is 1.83. The Morgan fingerprint density at radius 3 is 2.26 bits per heavy atom. The van der Waals surface area contributed by atoms with Gasteiger partial charge < -0.3 is 30.1 Å². The van der Waals surface area contributed by atoms with Crippen molar-refractivity contribution in [2.45, 2.75) is 143 Å². The van der Waals surface area contributed by atoms with Gasteiger partial charge >= 0.3 is 18.0 Å². The second-order valence-corrected chi connectivity index (χ2v) is 17.4. The van der Waals surface area contributed by atoms with Gasteiger partial charge in [0.25, 0.3) is 5.91 Å². The molecule has 2 aromatic rings. The number of amides is 4. The van der Waals surface area contributed by atoms with Crippen LogP contribution in [0.5, 0.6) is 0 Å². The molecule has 1 aliphatic heterocycles. The van der Waals surface area contributed by atoms with Gasteiger partial charge in [0.15, 0.2) is 6.10 Å². The molecule has 14 nitrogen and oxygen atoms in total. The summed E-state index contributed by atoms with van der Waals surface area (Å²) in [5.74, 6) is -3.81. The summed E-state index contributed by atoms with van der Waals surface area (Å²) in [6, 6.07) is 6.83. The molecule has 4 amide bonds. The Hall–Kier alpha value is -4.53. The van der Waals surface area contributed by atoms with Crippen molar-refractivity contribution in [3.05, 3.63) is 52.0 Å². The second kappa shape index (κ2) is 21.3. The number of likely N-dealkylation sites (tertiary alicyclic amines) is 1. The SMILES string of the molecule is CC[C@H](C)[C@H](NC(=O)C1CCCCN1C(=O)OC(C)(C)C)C(=O)N(C)[C@H](C[C@@H](OC(C)=O)c1nc(C(=O)N[C@@H](Cc2ccccc2)C[C@H](C)C(=O)O)cs1)C(C)C. The van der Waals surface area contributed by atoms with E-state index < -0.39 is 71.6 Å². The molecule has 15 heteroatoms. The Labute approximate surface area is 341 Å². The predicted molar refractivity (Wildman–Crippen MR) is 217 cm³/mol. The van der Waals surface area contributed by atoms with Crippen molar-refractivity contribution in [1.82, 2.24) is 25.4 Å². The first-order valence-electron chi connectivity index (χ1n) is 20.0. The summed E-state index contributed by atoms with van der Waals surface area (Å²) in [6.45, 7) is 16.3. The third kappa shape index (κ3) is 14.1. The maximum absolute atomic E-state index is 14.4. The number of carboxylic acid groups (broad SMARTS) is 1. The first-order valence-corrected chi connectivity index (χ1v) is 20.9. The van der Waals surface area contributed by atoms with Gasteiger partial charge in [-0.15, -0.1) is 11.3 Å². The molecule has 0 bridgehead atoms. The normalized spacial score (nSPS) is 17.7. The fourth-order valence-electron chi connectivity index (χ4n) is 6.97. The molecule has 0 saturated carbocycles. The van der Waals surface area contributed by atoms with Gasteiger partial charge in [-0.2, -0.15) is 0 Å². The average Bonchev–Trinajstić information content (AvgIpc) is 3.64. The van der Waals surface area contributed by atoms with Gasteiger partial charge in [0, 0.05) is 44.4 Å². The fourth-order valence-corrected chi connectivity index (χ4v) is 7.81. The molecule has 1 fully saturated rings. The highest BCUT2D eigenvalue weighted by atomic mass is 32.1. The summed E-state index contributed by atoms with van der Waals surface area (Å²) in [5.41, 5.74) is 0.310. The van der Waals surface area contributed by atoms with Crippen LogP contribution >= 0.6 is 11.3 Å². The van der Waals surface area contributed by atoms with E-state index in [0.717, 1.165) is 29.7 Å². The zero-order chi connectivity index (χ0) is 42.6. The summed E-state index contributed by atoms with van der Waals surface area (Å²) in [6.07, 6.45) is 1.87. The number of rotatable bonds is 18. The number of hydrogen-bond donors (Lipinski definition) is 3. The maximum atomic E-state index is 14.4. The summed E-state index contributed by atoms with van der Waals surface area (Å²) < 4.78 is 11.4. The van der Waals surface area contributed by atoms with E-state index in [9.17, 15) is 33.9 Å². The number of nitrogens with one attached hydrogen (secondary N) is 2. The molecule has 1 aliphatic rings. The molecule has 1 saturated heterocycles. The predicted octanol–water partition coefficient (Wildman–Crippen LogP) is 6.39. The highest BCUT2D eigenvalue weighted by Gasteiger charge is 2.40. The molecule has 1 aromatic heterocycles. The van der Waals surface area contributed by atoms with Crippen LogP contribution < -0.4 is 10.6 Å². The Morgan fingerprint density at radius 2 is 1.68 bits per heavy atom. The smallest absolute Gasteiger partial charge is 0.410 e. The number of aromatic nitrogens is 1. The highest BCUT2D eigenvalue weighted by Crippen LogP contribution is 2.31. The number of benzene rings is 1. The molecular formula is C42H63N5O9S. The summed E-state index contributed by atoms with van der Waals surface area (Å²) in [7, 11) is 1.67. The number of piperidine rings is 1. The molecule has 1 aromatic carbocycles. The van der Waals surface area contributed by atoms with Crippen molar-refractivity contribution in [2.75, 3.05) is 13.6 Å². The van der Waals surface area contributed by atoms with Crippen molar-refractivity contribution < 1.29 is 43.3 Å². The maximum Gasteiger partial charge on any atom is 0.410 e. The minimum atomic E-state index is -0.961. The lowest BCUT2D eigenvalue weighted by Gasteiger charge is -2.39. The van der Waals surface area contributed by atoms with E-state index in [1.54, 1.807) is 45.0 Å². The lowest BCUT2D eigenvalue weighted by Crippen LogP contribution is -2.59. The van der Waals surface area contributed by atoms with Crippen LogP contribution in [0.25, 0.3) is 0 Å². The number of carbonyl (C=O) groups excluding carboxylic acids is 5. The number of carbonyl (C=O) groups is 6. The van der Waals surface area contributed by atoms with E-state index in [1.165, 1.54) is 11.8 Å². The van der Waals surface area contributed by atoms with E-state index >= 15 is 0 Å². The molecule has 1 unspecified atom stereocenters. The first-order chi connectivity index (χ1) is 26.7. The monoisotopic (exact) mass is 813 g/mol.